The molecule has 3 unspecified atom stereocenters. The van der Waals surface area contributed by atoms with Gasteiger partial charge in [-0.3, -0.25) is 18.6 Å². The first-order valence-corrected chi connectivity index (χ1v) is 32.9. The standard InChI is InChI=1S/C66H119N2O7P/c1-7-10-13-16-19-22-25-28-29-30-31-32-33-34-35-36-37-38-39-41-43-46-49-52-55-58-65(69)67-63(62-74-76(71,72)73-61-60-68(4,5)6)64(57-54-51-48-45-42-27-24-21-18-15-12-9-3)75-66(70)59-56-53-50-47-44-40-26-23-20-17-14-11-8-2/h11,14,17,19-20,22-23,26,28-29,31-32,54,57,63-64H,7-10,12-13,15-16,18,21,24-25,27,30,33-53,55-56,58-62H2,1-6H3,(H-,67,69,71,72)/p+1/b14-11+,20-17+,22-19-,26-23-,29-28-,32-31-,57-54-. The molecular formula is C66H120N2O7P+. The molecule has 9 nitrogen and oxygen atoms in total. The van der Waals surface area contributed by atoms with E-state index in [1.807, 2.05) is 33.3 Å². The molecule has 0 bridgehead atoms. The number of allylic oxidation sites excluding steroid dienone is 13. The molecule has 0 fully saturated rings. The molecule has 2 N–H and O–H groups in total. The largest absolute Gasteiger partial charge is 0.472 e. The molecule has 76 heavy (non-hydrogen) atoms. The Morgan fingerprint density at radius 2 is 0.895 bits per heavy atom. The topological polar surface area (TPSA) is 111 Å². The molecule has 0 rings (SSSR count). The van der Waals surface area contributed by atoms with Crippen LogP contribution in [0.1, 0.15) is 271 Å². The Labute approximate surface area is 469 Å². The summed E-state index contributed by atoms with van der Waals surface area (Å²) in [5.41, 5.74) is 0. The number of esters is 1. The maximum absolute atomic E-state index is 13.6. The lowest BCUT2D eigenvalue weighted by Gasteiger charge is -2.27. The molecule has 0 spiro atoms. The van der Waals surface area contributed by atoms with Gasteiger partial charge in [-0.25, -0.2) is 4.57 Å². The molecule has 440 valence electrons. The SMILES string of the molecule is CC/C=C/C=C/C=C\CCCCCCCC(=O)OC(/C=C\CCCCCCCCCCCC)C(COP(=O)(O)OCC[N+](C)(C)C)NC(=O)CCCCCCCCCCCCCC/C=C\C/C=C\C/C=C\CCCCC. The van der Waals surface area contributed by atoms with Crippen molar-refractivity contribution in [2.24, 2.45) is 0 Å². The van der Waals surface area contributed by atoms with E-state index in [9.17, 15) is 19.0 Å². The first-order valence-electron chi connectivity index (χ1n) is 31.4. The number of hydrogen-bond acceptors (Lipinski definition) is 6. The third kappa shape index (κ3) is 55.9. The number of nitrogens with one attached hydrogen (secondary N) is 1. The molecule has 0 saturated carbocycles. The highest BCUT2D eigenvalue weighted by Gasteiger charge is 2.30. The number of quaternary nitrogens is 1. The Morgan fingerprint density at radius 1 is 0.487 bits per heavy atom. The summed E-state index contributed by atoms with van der Waals surface area (Å²) >= 11 is 0. The van der Waals surface area contributed by atoms with E-state index in [1.54, 1.807) is 0 Å². The number of nitrogens with zero attached hydrogens (tertiary/aromatic N) is 1. The quantitative estimate of drug-likeness (QED) is 0.0156. The van der Waals surface area contributed by atoms with Crippen molar-refractivity contribution < 1.29 is 37.3 Å². The van der Waals surface area contributed by atoms with E-state index in [0.717, 1.165) is 89.9 Å². The number of likely N-dealkylation sites (N-methyl/N-ethyl adjacent to an activating group) is 1. The van der Waals surface area contributed by atoms with Crippen LogP contribution in [0, 0.1) is 0 Å². The van der Waals surface area contributed by atoms with Gasteiger partial charge in [0.25, 0.3) is 0 Å². The highest BCUT2D eigenvalue weighted by atomic mass is 31.2. The van der Waals surface area contributed by atoms with Crippen LogP contribution in [0.4, 0.5) is 0 Å². The summed E-state index contributed by atoms with van der Waals surface area (Å²) < 4.78 is 30.7. The summed E-state index contributed by atoms with van der Waals surface area (Å²) in [6.07, 6.45) is 73.0. The number of unbranched alkanes of at least 4 members (excludes halogenated alkanes) is 30. The van der Waals surface area contributed by atoms with Crippen molar-refractivity contribution in [1.29, 1.82) is 0 Å². The average Bonchev–Trinajstić information content (AvgIpc) is 3.38. The zero-order valence-corrected chi connectivity index (χ0v) is 51.1. The molecule has 0 aromatic carbocycles. The second-order valence-corrected chi connectivity index (χ2v) is 23.7. The van der Waals surface area contributed by atoms with Gasteiger partial charge in [-0.2, -0.15) is 0 Å². The summed E-state index contributed by atoms with van der Waals surface area (Å²) in [5, 5.41) is 3.05. The Kier molecular flexibility index (Phi) is 53.5. The van der Waals surface area contributed by atoms with Gasteiger partial charge in [0, 0.05) is 12.8 Å². The molecule has 0 aromatic heterocycles. The average molecular weight is 1080 g/mol. The van der Waals surface area contributed by atoms with E-state index in [-0.39, 0.29) is 31.5 Å². The van der Waals surface area contributed by atoms with E-state index in [2.05, 4.69) is 99.0 Å². The van der Waals surface area contributed by atoms with Gasteiger partial charge in [0.2, 0.25) is 5.91 Å². The number of phosphoric ester groups is 1. The van der Waals surface area contributed by atoms with E-state index >= 15 is 0 Å². The Bertz CT molecular complexity index is 1580. The van der Waals surface area contributed by atoms with Gasteiger partial charge >= 0.3 is 13.8 Å². The predicted molar refractivity (Wildman–Crippen MR) is 328 cm³/mol. The fourth-order valence-electron chi connectivity index (χ4n) is 8.77. The van der Waals surface area contributed by atoms with E-state index in [0.29, 0.717) is 23.9 Å². The second-order valence-electron chi connectivity index (χ2n) is 22.3. The van der Waals surface area contributed by atoms with E-state index < -0.39 is 20.0 Å². The number of amides is 1. The Balaban J connectivity index is 5.13. The lowest BCUT2D eigenvalue weighted by atomic mass is 10.0. The van der Waals surface area contributed by atoms with Gasteiger partial charge in [-0.1, -0.05) is 254 Å². The van der Waals surface area contributed by atoms with Crippen LogP contribution in [0.15, 0.2) is 85.1 Å². The maximum atomic E-state index is 13.6. The lowest BCUT2D eigenvalue weighted by Crippen LogP contribution is -2.47. The molecule has 0 heterocycles. The second kappa shape index (κ2) is 55.5. The fraction of sp³-hybridized carbons (Fsp3) is 0.758. The summed E-state index contributed by atoms with van der Waals surface area (Å²) in [7, 11) is 1.48. The number of rotatable bonds is 56. The maximum Gasteiger partial charge on any atom is 0.472 e. The molecule has 0 radical (unpaired) electrons. The minimum atomic E-state index is -4.46. The summed E-state index contributed by atoms with van der Waals surface area (Å²) in [6.45, 7) is 6.84. The molecule has 0 aromatic rings. The monoisotopic (exact) mass is 1080 g/mol. The summed E-state index contributed by atoms with van der Waals surface area (Å²) in [4.78, 5) is 37.7. The Morgan fingerprint density at radius 3 is 1.39 bits per heavy atom. The number of carbonyl (C=O) groups is 2. The third-order valence-corrected chi connectivity index (χ3v) is 14.6. The van der Waals surface area contributed by atoms with Gasteiger partial charge < -0.3 is 19.4 Å². The minimum absolute atomic E-state index is 0.0334. The highest BCUT2D eigenvalue weighted by Crippen LogP contribution is 2.43. The predicted octanol–water partition coefficient (Wildman–Crippen LogP) is 19.4. The van der Waals surface area contributed by atoms with Crippen LogP contribution in [0.3, 0.4) is 0 Å². The van der Waals surface area contributed by atoms with E-state index in [4.69, 9.17) is 13.8 Å². The molecule has 0 saturated heterocycles. The van der Waals surface area contributed by atoms with Crippen molar-refractivity contribution in [3.8, 4) is 0 Å². The van der Waals surface area contributed by atoms with Gasteiger partial charge in [0.1, 0.15) is 19.3 Å². The van der Waals surface area contributed by atoms with Crippen molar-refractivity contribution in [3.63, 3.8) is 0 Å². The van der Waals surface area contributed by atoms with Crippen molar-refractivity contribution in [1.82, 2.24) is 5.32 Å². The summed E-state index contributed by atoms with van der Waals surface area (Å²) in [6, 6.07) is -0.861. The van der Waals surface area contributed by atoms with Crippen LogP contribution in [-0.2, 0) is 27.9 Å². The van der Waals surface area contributed by atoms with Crippen LogP contribution in [0.25, 0.3) is 0 Å². The number of hydrogen-bond donors (Lipinski definition) is 2. The fourth-order valence-corrected chi connectivity index (χ4v) is 9.51. The van der Waals surface area contributed by atoms with Gasteiger partial charge in [0.15, 0.2) is 0 Å². The summed E-state index contributed by atoms with van der Waals surface area (Å²) in [5.74, 6) is -0.531. The van der Waals surface area contributed by atoms with Crippen LogP contribution >= 0.6 is 7.82 Å². The number of phosphoric acid groups is 1. The highest BCUT2D eigenvalue weighted by molar-refractivity contribution is 7.47. The molecule has 10 heteroatoms. The molecular weight excluding hydrogens is 964 g/mol. The Hall–Kier alpha value is -2.81. The van der Waals surface area contributed by atoms with Crippen molar-refractivity contribution in [3.05, 3.63) is 85.1 Å². The number of carbonyl (C=O) groups excluding carboxylic acids is 2. The molecule has 0 aliphatic heterocycles. The van der Waals surface area contributed by atoms with Crippen molar-refractivity contribution in [2.45, 2.75) is 283 Å². The van der Waals surface area contributed by atoms with Crippen LogP contribution in [0.5, 0.6) is 0 Å². The van der Waals surface area contributed by atoms with Gasteiger partial charge in [-0.15, -0.1) is 0 Å². The van der Waals surface area contributed by atoms with Gasteiger partial charge in [-0.05, 0) is 89.5 Å². The third-order valence-electron chi connectivity index (χ3n) is 13.6. The normalized spacial score (nSPS) is 14.2. The zero-order valence-electron chi connectivity index (χ0n) is 50.2. The van der Waals surface area contributed by atoms with Crippen LogP contribution < -0.4 is 5.32 Å². The lowest BCUT2D eigenvalue weighted by molar-refractivity contribution is -0.870. The first-order chi connectivity index (χ1) is 36.9. The van der Waals surface area contributed by atoms with Gasteiger partial charge in [0.05, 0.1) is 33.8 Å². The zero-order chi connectivity index (χ0) is 55.7. The molecule has 0 aliphatic carbocycles. The van der Waals surface area contributed by atoms with Crippen molar-refractivity contribution in [2.75, 3.05) is 40.9 Å². The molecule has 3 atom stereocenters. The number of ether oxygens (including phenoxy) is 1. The van der Waals surface area contributed by atoms with E-state index in [1.165, 1.54) is 141 Å². The van der Waals surface area contributed by atoms with Crippen molar-refractivity contribution >= 4 is 19.7 Å². The smallest absolute Gasteiger partial charge is 0.456 e. The van der Waals surface area contributed by atoms with Crippen LogP contribution in [-0.4, -0.2) is 74.3 Å². The molecule has 0 aliphatic rings. The van der Waals surface area contributed by atoms with Crippen LogP contribution in [0.2, 0.25) is 0 Å². The molecule has 1 amide bonds. The minimum Gasteiger partial charge on any atom is -0.456 e. The first kappa shape index (κ1) is 73.2.